The first kappa shape index (κ1) is 15.0. The summed E-state index contributed by atoms with van der Waals surface area (Å²) in [7, 11) is 1.43. The predicted molar refractivity (Wildman–Crippen MR) is 79.3 cm³/mol. The smallest absolute Gasteiger partial charge is 0.165 e. The van der Waals surface area contributed by atoms with Gasteiger partial charge >= 0.3 is 0 Å². The summed E-state index contributed by atoms with van der Waals surface area (Å²) in [5, 5.41) is 4.31. The molecule has 1 aromatic heterocycles. The number of nitrogens with two attached hydrogens (primary N) is 1. The summed E-state index contributed by atoms with van der Waals surface area (Å²) in [4.78, 5) is 0. The Kier molecular flexibility index (Phi) is 4.45. The molecule has 1 heterocycles. The Morgan fingerprint density at radius 3 is 2.70 bits per heavy atom. The van der Waals surface area contributed by atoms with Gasteiger partial charge in [-0.05, 0) is 47.5 Å². The van der Waals surface area contributed by atoms with Crippen LogP contribution in [0.2, 0.25) is 0 Å². The van der Waals surface area contributed by atoms with Crippen molar-refractivity contribution in [1.82, 2.24) is 9.78 Å². The molecule has 6 heteroatoms. The van der Waals surface area contributed by atoms with Gasteiger partial charge in [0.1, 0.15) is 0 Å². The normalized spacial score (nSPS) is 12.8. The summed E-state index contributed by atoms with van der Waals surface area (Å²) < 4.78 is 21.2. The zero-order valence-electron chi connectivity index (χ0n) is 11.6. The molecule has 2 N–H and O–H groups in total. The Balaban J connectivity index is 2.46. The SMILES string of the molecule is COc1cc(C(N)c2c(Br)cnn2C(C)C)ccc1F. The molecule has 0 amide bonds. The molecule has 4 nitrogen and oxygen atoms in total. The lowest BCUT2D eigenvalue weighted by molar-refractivity contribution is 0.385. The van der Waals surface area contributed by atoms with Crippen molar-refractivity contribution in [2.45, 2.75) is 25.9 Å². The maximum absolute atomic E-state index is 13.5. The molecule has 0 spiro atoms. The fourth-order valence-corrected chi connectivity index (χ4v) is 2.60. The van der Waals surface area contributed by atoms with Gasteiger partial charge in [0.2, 0.25) is 0 Å². The second kappa shape index (κ2) is 5.93. The number of methoxy groups -OCH3 is 1. The maximum atomic E-state index is 13.5. The molecule has 0 bridgehead atoms. The van der Waals surface area contributed by atoms with Crippen LogP contribution in [0.25, 0.3) is 0 Å². The molecule has 0 fully saturated rings. The Bertz CT molecular complexity index is 612. The van der Waals surface area contributed by atoms with E-state index in [-0.39, 0.29) is 11.8 Å². The first-order valence-electron chi connectivity index (χ1n) is 6.27. The van der Waals surface area contributed by atoms with E-state index in [1.165, 1.54) is 13.2 Å². The number of aromatic nitrogens is 2. The molecular formula is C14H17BrFN3O. The molecule has 2 aromatic rings. The highest BCUT2D eigenvalue weighted by Crippen LogP contribution is 2.31. The van der Waals surface area contributed by atoms with Crippen LogP contribution in [0.5, 0.6) is 5.75 Å². The lowest BCUT2D eigenvalue weighted by Crippen LogP contribution is -2.19. The van der Waals surface area contributed by atoms with Gasteiger partial charge in [0, 0.05) is 6.04 Å². The van der Waals surface area contributed by atoms with Crippen molar-refractivity contribution >= 4 is 15.9 Å². The van der Waals surface area contributed by atoms with Gasteiger partial charge in [0.05, 0.1) is 29.5 Å². The van der Waals surface area contributed by atoms with Crippen molar-refractivity contribution < 1.29 is 9.13 Å². The molecule has 108 valence electrons. The number of rotatable bonds is 4. The molecule has 0 saturated heterocycles. The summed E-state index contributed by atoms with van der Waals surface area (Å²) in [6, 6.07) is 4.41. The average Bonchev–Trinajstić information content (AvgIpc) is 2.80. The summed E-state index contributed by atoms with van der Waals surface area (Å²) in [5.41, 5.74) is 7.93. The Morgan fingerprint density at radius 2 is 2.10 bits per heavy atom. The van der Waals surface area contributed by atoms with Crippen molar-refractivity contribution in [3.8, 4) is 5.75 Å². The molecule has 20 heavy (non-hydrogen) atoms. The number of nitrogens with zero attached hydrogens (tertiary/aromatic N) is 2. The topological polar surface area (TPSA) is 53.1 Å². The third-order valence-corrected chi connectivity index (χ3v) is 3.72. The van der Waals surface area contributed by atoms with Crippen LogP contribution in [-0.4, -0.2) is 16.9 Å². The van der Waals surface area contributed by atoms with E-state index in [1.54, 1.807) is 18.3 Å². The second-order valence-corrected chi connectivity index (χ2v) is 5.64. The number of hydrogen-bond donors (Lipinski definition) is 1. The Morgan fingerprint density at radius 1 is 1.40 bits per heavy atom. The minimum absolute atomic E-state index is 0.185. The van der Waals surface area contributed by atoms with Crippen LogP contribution < -0.4 is 10.5 Å². The van der Waals surface area contributed by atoms with Gasteiger partial charge < -0.3 is 10.5 Å². The largest absolute Gasteiger partial charge is 0.494 e. The third kappa shape index (κ3) is 2.71. The average molecular weight is 342 g/mol. The molecule has 1 atom stereocenters. The van der Waals surface area contributed by atoms with Gasteiger partial charge in [-0.3, -0.25) is 4.68 Å². The van der Waals surface area contributed by atoms with Gasteiger partial charge in [-0.1, -0.05) is 6.07 Å². The zero-order valence-corrected chi connectivity index (χ0v) is 13.2. The molecule has 1 unspecified atom stereocenters. The van der Waals surface area contributed by atoms with Crippen molar-refractivity contribution in [3.05, 3.63) is 45.9 Å². The first-order valence-corrected chi connectivity index (χ1v) is 7.07. The molecule has 1 aromatic carbocycles. The lowest BCUT2D eigenvalue weighted by atomic mass is 10.0. The van der Waals surface area contributed by atoms with E-state index in [1.807, 2.05) is 18.5 Å². The van der Waals surface area contributed by atoms with Crippen LogP contribution in [0.15, 0.2) is 28.9 Å². The monoisotopic (exact) mass is 341 g/mol. The first-order chi connectivity index (χ1) is 9.45. The molecule has 0 saturated carbocycles. The quantitative estimate of drug-likeness (QED) is 0.926. The van der Waals surface area contributed by atoms with E-state index in [4.69, 9.17) is 10.5 Å². The van der Waals surface area contributed by atoms with Crippen molar-refractivity contribution in [2.24, 2.45) is 5.73 Å². The van der Waals surface area contributed by atoms with E-state index in [0.717, 1.165) is 15.7 Å². The van der Waals surface area contributed by atoms with Crippen molar-refractivity contribution in [2.75, 3.05) is 7.11 Å². The molecule has 0 aliphatic carbocycles. The summed E-state index contributed by atoms with van der Waals surface area (Å²) in [6.45, 7) is 4.06. The van der Waals surface area contributed by atoms with Crippen molar-refractivity contribution in [1.29, 1.82) is 0 Å². The highest BCUT2D eigenvalue weighted by Gasteiger charge is 2.20. The molecule has 0 aliphatic heterocycles. The van der Waals surface area contributed by atoms with E-state index in [9.17, 15) is 4.39 Å². The zero-order chi connectivity index (χ0) is 14.9. The third-order valence-electron chi connectivity index (χ3n) is 3.11. The van der Waals surface area contributed by atoms with E-state index >= 15 is 0 Å². The fourth-order valence-electron chi connectivity index (χ4n) is 2.08. The van der Waals surface area contributed by atoms with Crippen LogP contribution in [0.1, 0.15) is 37.2 Å². The highest BCUT2D eigenvalue weighted by molar-refractivity contribution is 9.10. The number of ether oxygens (including phenoxy) is 1. The Hall–Kier alpha value is -1.40. The predicted octanol–water partition coefficient (Wildman–Crippen LogP) is 3.42. The van der Waals surface area contributed by atoms with Crippen LogP contribution in [0.3, 0.4) is 0 Å². The van der Waals surface area contributed by atoms with Gasteiger partial charge in [-0.25, -0.2) is 4.39 Å². The minimum Gasteiger partial charge on any atom is -0.494 e. The van der Waals surface area contributed by atoms with Crippen LogP contribution >= 0.6 is 15.9 Å². The van der Waals surface area contributed by atoms with Crippen LogP contribution in [0, 0.1) is 5.82 Å². The number of halogens is 2. The maximum Gasteiger partial charge on any atom is 0.165 e. The lowest BCUT2D eigenvalue weighted by Gasteiger charge is -2.18. The van der Waals surface area contributed by atoms with Crippen LogP contribution in [-0.2, 0) is 0 Å². The van der Waals surface area contributed by atoms with E-state index < -0.39 is 11.9 Å². The summed E-state index contributed by atoms with van der Waals surface area (Å²) in [5.74, 6) is -0.218. The second-order valence-electron chi connectivity index (χ2n) is 4.79. The fraction of sp³-hybridized carbons (Fsp3) is 0.357. The van der Waals surface area contributed by atoms with E-state index in [2.05, 4.69) is 21.0 Å². The molecular weight excluding hydrogens is 325 g/mol. The molecule has 2 rings (SSSR count). The van der Waals surface area contributed by atoms with E-state index in [0.29, 0.717) is 0 Å². The van der Waals surface area contributed by atoms with Gasteiger partial charge in [0.15, 0.2) is 11.6 Å². The summed E-state index contributed by atoms with van der Waals surface area (Å²) in [6.07, 6.45) is 1.72. The summed E-state index contributed by atoms with van der Waals surface area (Å²) >= 11 is 3.46. The van der Waals surface area contributed by atoms with Gasteiger partial charge in [0.25, 0.3) is 0 Å². The Labute approximate surface area is 125 Å². The van der Waals surface area contributed by atoms with Gasteiger partial charge in [-0.15, -0.1) is 0 Å². The standard InChI is InChI=1S/C14H17BrFN3O/c1-8(2)19-14(10(15)7-18-19)13(17)9-4-5-11(16)12(6-9)20-3/h4-8,13H,17H2,1-3H3. The van der Waals surface area contributed by atoms with Crippen molar-refractivity contribution in [3.63, 3.8) is 0 Å². The molecule has 0 aliphatic rings. The number of hydrogen-bond acceptors (Lipinski definition) is 3. The van der Waals surface area contributed by atoms with Gasteiger partial charge in [-0.2, -0.15) is 5.10 Å². The number of benzene rings is 1. The molecule has 0 radical (unpaired) electrons. The van der Waals surface area contributed by atoms with Crippen LogP contribution in [0.4, 0.5) is 4.39 Å². The minimum atomic E-state index is -0.413. The highest BCUT2D eigenvalue weighted by atomic mass is 79.9.